The van der Waals surface area contributed by atoms with Gasteiger partial charge >= 0.3 is 5.97 Å². The molecule has 156 valence electrons. The Morgan fingerprint density at radius 1 is 0.679 bits per heavy atom. The van der Waals surface area contributed by atoms with Crippen molar-refractivity contribution in [2.24, 2.45) is 0 Å². The molecule has 0 aliphatic rings. The smallest absolute Gasteiger partial charge is 0.330 e. The van der Waals surface area contributed by atoms with Crippen LogP contribution in [0.3, 0.4) is 0 Å². The third-order valence-electron chi connectivity index (χ3n) is 3.56. The van der Waals surface area contributed by atoms with Gasteiger partial charge in [-0.1, -0.05) is 73.8 Å². The molecule has 0 atom stereocenters. The van der Waals surface area contributed by atoms with Gasteiger partial charge in [-0.2, -0.15) is 0 Å². The molecule has 0 spiro atoms. The van der Waals surface area contributed by atoms with E-state index in [2.05, 4.69) is 67.7 Å². The van der Waals surface area contributed by atoms with E-state index < -0.39 is 5.60 Å². The lowest BCUT2D eigenvalue weighted by Gasteiger charge is -2.17. The van der Waals surface area contributed by atoms with Crippen molar-refractivity contribution in [3.63, 3.8) is 0 Å². The maximum atomic E-state index is 11.5. The Bertz CT molecular complexity index is 551. The number of carbonyl (C=O) groups is 1. The second-order valence-electron chi connectivity index (χ2n) is 7.57. The van der Waals surface area contributed by atoms with Crippen LogP contribution >= 0.6 is 0 Å². The normalized spacial score (nSPS) is 13.4. The van der Waals surface area contributed by atoms with Crippen molar-refractivity contribution in [2.45, 2.75) is 84.7 Å². The van der Waals surface area contributed by atoms with Crippen LogP contribution in [-0.4, -0.2) is 11.6 Å². The molecule has 28 heavy (non-hydrogen) atoms. The highest BCUT2D eigenvalue weighted by atomic mass is 16.6. The number of esters is 1. The summed E-state index contributed by atoms with van der Waals surface area (Å²) < 4.78 is 5.22. The highest BCUT2D eigenvalue weighted by Crippen LogP contribution is 2.07. The quantitative estimate of drug-likeness (QED) is 0.132. The van der Waals surface area contributed by atoms with E-state index in [1.165, 1.54) is 6.08 Å². The lowest BCUT2D eigenvalue weighted by molar-refractivity contribution is -0.148. The maximum absolute atomic E-state index is 11.5. The van der Waals surface area contributed by atoms with Gasteiger partial charge in [-0.3, -0.25) is 0 Å². The molecule has 0 unspecified atom stereocenters. The lowest BCUT2D eigenvalue weighted by atomic mass is 10.2. The van der Waals surface area contributed by atoms with Gasteiger partial charge in [0.05, 0.1) is 0 Å². The molecule has 0 saturated heterocycles. The molecule has 0 aliphatic carbocycles. The maximum Gasteiger partial charge on any atom is 0.330 e. The van der Waals surface area contributed by atoms with E-state index >= 15 is 0 Å². The van der Waals surface area contributed by atoms with Crippen LogP contribution in [0.5, 0.6) is 0 Å². The molecule has 0 radical (unpaired) electrons. The molecule has 0 bridgehead atoms. The molecule has 0 saturated carbocycles. The molecule has 0 aliphatic heterocycles. The highest BCUT2D eigenvalue weighted by Gasteiger charge is 2.13. The molecule has 2 heteroatoms. The van der Waals surface area contributed by atoms with E-state index in [-0.39, 0.29) is 5.97 Å². The Balaban J connectivity index is 3.60. The molecule has 0 aromatic heterocycles. The first kappa shape index (κ1) is 25.9. The van der Waals surface area contributed by atoms with Crippen molar-refractivity contribution in [1.82, 2.24) is 0 Å². The Morgan fingerprint density at radius 2 is 1.11 bits per heavy atom. The van der Waals surface area contributed by atoms with Crippen LogP contribution in [0, 0.1) is 0 Å². The van der Waals surface area contributed by atoms with E-state index in [0.29, 0.717) is 0 Å². The summed E-state index contributed by atoms with van der Waals surface area (Å²) in [6.45, 7) is 7.78. The zero-order valence-electron chi connectivity index (χ0n) is 18.4. The van der Waals surface area contributed by atoms with Gasteiger partial charge in [0.15, 0.2) is 0 Å². The fraction of sp³-hybridized carbons (Fsp3) is 0.500. The SMILES string of the molecule is CC/C=C\C/C=C\C/C=C\C/C=C\C/C=C\CCC/C=C/C(=O)OC(C)(C)C. The fourth-order valence-corrected chi connectivity index (χ4v) is 2.24. The van der Waals surface area contributed by atoms with Crippen LogP contribution in [0.25, 0.3) is 0 Å². The Morgan fingerprint density at radius 3 is 1.57 bits per heavy atom. The summed E-state index contributed by atoms with van der Waals surface area (Å²) in [6.07, 6.45) is 33.6. The zero-order valence-corrected chi connectivity index (χ0v) is 18.4. The number of carbonyl (C=O) groups excluding carboxylic acids is 1. The second kappa shape index (κ2) is 18.3. The van der Waals surface area contributed by atoms with E-state index in [9.17, 15) is 4.79 Å². The standard InChI is InChI=1S/C26H40O2/c1-5-6-7-8-9-10-11-12-13-14-15-16-17-18-19-20-21-22-23-24-25(27)28-26(2,3)4/h6-7,9-10,12-13,15-16,18-19,23-24H,5,8,11,14,17,20-22H2,1-4H3/b7-6-,10-9-,13-12-,16-15-,19-18-,24-23+. The predicted molar refractivity (Wildman–Crippen MR) is 123 cm³/mol. The third-order valence-corrected chi connectivity index (χ3v) is 3.56. The Labute approximate surface area is 173 Å². The third kappa shape index (κ3) is 22.0. The Kier molecular flexibility index (Phi) is 16.9. The summed E-state index contributed by atoms with van der Waals surface area (Å²) in [6, 6.07) is 0. The average molecular weight is 385 g/mol. The first-order valence-corrected chi connectivity index (χ1v) is 10.6. The van der Waals surface area contributed by atoms with Gasteiger partial charge in [0.1, 0.15) is 5.60 Å². The first-order valence-electron chi connectivity index (χ1n) is 10.6. The number of hydrogen-bond acceptors (Lipinski definition) is 2. The summed E-state index contributed by atoms with van der Waals surface area (Å²) in [5.74, 6) is -0.262. The van der Waals surface area contributed by atoms with Crippen LogP contribution in [0.2, 0.25) is 0 Å². The van der Waals surface area contributed by atoms with Gasteiger partial charge < -0.3 is 4.74 Å². The summed E-state index contributed by atoms with van der Waals surface area (Å²) in [4.78, 5) is 11.5. The molecule has 2 nitrogen and oxygen atoms in total. The van der Waals surface area contributed by atoms with Gasteiger partial charge in [0, 0.05) is 6.08 Å². The van der Waals surface area contributed by atoms with Crippen molar-refractivity contribution in [2.75, 3.05) is 0 Å². The van der Waals surface area contributed by atoms with Crippen molar-refractivity contribution >= 4 is 5.97 Å². The number of allylic oxidation sites excluding steroid dienone is 11. The minimum atomic E-state index is -0.420. The van der Waals surface area contributed by atoms with E-state index in [0.717, 1.165) is 51.4 Å². The van der Waals surface area contributed by atoms with Crippen LogP contribution < -0.4 is 0 Å². The molecule has 0 aromatic carbocycles. The largest absolute Gasteiger partial charge is 0.457 e. The van der Waals surface area contributed by atoms with Crippen LogP contribution in [0.1, 0.15) is 79.1 Å². The summed E-state index contributed by atoms with van der Waals surface area (Å²) >= 11 is 0. The van der Waals surface area contributed by atoms with Crippen molar-refractivity contribution in [1.29, 1.82) is 0 Å². The topological polar surface area (TPSA) is 26.3 Å². The Hall–Kier alpha value is -2.09. The van der Waals surface area contributed by atoms with E-state index in [4.69, 9.17) is 4.74 Å². The summed E-state index contributed by atoms with van der Waals surface area (Å²) in [7, 11) is 0. The number of hydrogen-bond donors (Lipinski definition) is 0. The number of ether oxygens (including phenoxy) is 1. The van der Waals surface area contributed by atoms with Crippen LogP contribution in [0.15, 0.2) is 72.9 Å². The minimum absolute atomic E-state index is 0.262. The van der Waals surface area contributed by atoms with Gasteiger partial charge in [0.25, 0.3) is 0 Å². The molecular formula is C26H40O2. The van der Waals surface area contributed by atoms with Crippen LogP contribution in [0.4, 0.5) is 0 Å². The first-order chi connectivity index (χ1) is 13.5. The van der Waals surface area contributed by atoms with Crippen molar-refractivity contribution < 1.29 is 9.53 Å². The van der Waals surface area contributed by atoms with Gasteiger partial charge in [-0.05, 0) is 72.1 Å². The minimum Gasteiger partial charge on any atom is -0.457 e. The lowest BCUT2D eigenvalue weighted by Crippen LogP contribution is -2.22. The molecule has 0 rings (SSSR count). The highest BCUT2D eigenvalue weighted by molar-refractivity contribution is 5.82. The number of rotatable bonds is 14. The second-order valence-corrected chi connectivity index (χ2v) is 7.57. The monoisotopic (exact) mass is 384 g/mol. The van der Waals surface area contributed by atoms with Crippen molar-refractivity contribution in [3.8, 4) is 0 Å². The number of unbranched alkanes of at least 4 members (excludes halogenated alkanes) is 2. The fourth-order valence-electron chi connectivity index (χ4n) is 2.24. The van der Waals surface area contributed by atoms with Crippen LogP contribution in [-0.2, 0) is 9.53 Å². The van der Waals surface area contributed by atoms with Gasteiger partial charge in [-0.15, -0.1) is 0 Å². The molecule has 0 N–H and O–H groups in total. The summed E-state index contributed by atoms with van der Waals surface area (Å²) in [5.41, 5.74) is -0.420. The van der Waals surface area contributed by atoms with E-state index in [1.54, 1.807) is 0 Å². The molecular weight excluding hydrogens is 344 g/mol. The average Bonchev–Trinajstić information content (AvgIpc) is 2.62. The molecule has 0 heterocycles. The predicted octanol–water partition coefficient (Wildman–Crippen LogP) is 7.81. The molecule has 0 aromatic rings. The zero-order chi connectivity index (χ0) is 20.9. The van der Waals surface area contributed by atoms with Crippen molar-refractivity contribution in [3.05, 3.63) is 72.9 Å². The van der Waals surface area contributed by atoms with E-state index in [1.807, 2.05) is 26.8 Å². The molecule has 0 fully saturated rings. The van der Waals surface area contributed by atoms with Gasteiger partial charge in [0.2, 0.25) is 0 Å². The summed E-state index contributed by atoms with van der Waals surface area (Å²) in [5, 5.41) is 0. The van der Waals surface area contributed by atoms with Gasteiger partial charge in [-0.25, -0.2) is 4.79 Å². The molecule has 0 amide bonds.